The summed E-state index contributed by atoms with van der Waals surface area (Å²) in [5.74, 6) is 1.19. The molecule has 0 unspecified atom stereocenters. The third-order valence-corrected chi connectivity index (χ3v) is 4.22. The molecule has 2 rings (SSSR count). The lowest BCUT2D eigenvalue weighted by Crippen LogP contribution is -2.34. The van der Waals surface area contributed by atoms with Crippen molar-refractivity contribution in [1.82, 2.24) is 5.32 Å². The van der Waals surface area contributed by atoms with E-state index in [1.807, 2.05) is 37.3 Å². The van der Waals surface area contributed by atoms with Crippen molar-refractivity contribution in [2.75, 3.05) is 18.5 Å². The Kier molecular flexibility index (Phi) is 9.28. The molecule has 0 heterocycles. The van der Waals surface area contributed by atoms with Crippen molar-refractivity contribution in [1.29, 1.82) is 0 Å². The largest absolute Gasteiger partial charge is 0.494 e. The van der Waals surface area contributed by atoms with E-state index in [0.29, 0.717) is 17.9 Å². The third kappa shape index (κ3) is 7.56. The Hall–Kier alpha value is -2.60. The van der Waals surface area contributed by atoms with Gasteiger partial charge in [-0.1, -0.05) is 32.3 Å². The number of thiocarbonyl (C=S) groups is 1. The van der Waals surface area contributed by atoms with Crippen LogP contribution in [0.3, 0.4) is 0 Å². The van der Waals surface area contributed by atoms with Crippen LogP contribution < -0.4 is 20.1 Å². The van der Waals surface area contributed by atoms with E-state index in [2.05, 4.69) is 17.6 Å². The Balaban J connectivity index is 1.80. The van der Waals surface area contributed by atoms with Gasteiger partial charge < -0.3 is 14.8 Å². The third-order valence-electron chi connectivity index (χ3n) is 4.01. The quantitative estimate of drug-likeness (QED) is 0.425. The molecule has 2 N–H and O–H groups in total. The molecule has 2 aromatic carbocycles. The summed E-state index contributed by atoms with van der Waals surface area (Å²) < 4.78 is 11.1. The number of carbonyl (C=O) groups excluding carboxylic acids is 1. The van der Waals surface area contributed by atoms with Gasteiger partial charge in [-0.05, 0) is 68.0 Å². The first-order chi connectivity index (χ1) is 13.6. The summed E-state index contributed by atoms with van der Waals surface area (Å²) in [6.45, 7) is 5.36. The van der Waals surface area contributed by atoms with Crippen molar-refractivity contribution >= 4 is 28.9 Å². The summed E-state index contributed by atoms with van der Waals surface area (Å²) in [4.78, 5) is 12.3. The number of ether oxygens (including phenoxy) is 2. The molecular formula is C22H28N2O3S. The Morgan fingerprint density at radius 2 is 1.75 bits per heavy atom. The zero-order valence-corrected chi connectivity index (χ0v) is 17.3. The van der Waals surface area contributed by atoms with Crippen LogP contribution in [0.15, 0.2) is 48.5 Å². The molecule has 5 nitrogen and oxygen atoms in total. The highest BCUT2D eigenvalue weighted by Gasteiger charge is 2.09. The van der Waals surface area contributed by atoms with Crippen LogP contribution in [0.4, 0.5) is 5.69 Å². The smallest absolute Gasteiger partial charge is 0.257 e. The number of amides is 1. The van der Waals surface area contributed by atoms with Gasteiger partial charge in [0.05, 0.1) is 13.2 Å². The molecule has 0 saturated heterocycles. The van der Waals surface area contributed by atoms with Crippen molar-refractivity contribution in [2.45, 2.75) is 39.5 Å². The summed E-state index contributed by atoms with van der Waals surface area (Å²) in [5.41, 5.74) is 1.27. The van der Waals surface area contributed by atoms with Gasteiger partial charge in [0.15, 0.2) is 5.11 Å². The molecule has 0 fully saturated rings. The highest BCUT2D eigenvalue weighted by atomic mass is 32.1. The predicted octanol–water partition coefficient (Wildman–Crippen LogP) is 5.17. The van der Waals surface area contributed by atoms with Crippen LogP contribution in [0, 0.1) is 0 Å². The van der Waals surface area contributed by atoms with Crippen molar-refractivity contribution in [3.63, 3.8) is 0 Å². The molecule has 1 amide bonds. The van der Waals surface area contributed by atoms with Crippen molar-refractivity contribution in [3.05, 3.63) is 54.1 Å². The summed E-state index contributed by atoms with van der Waals surface area (Å²) in [6.07, 6.45) is 4.71. The molecule has 0 radical (unpaired) electrons. The van der Waals surface area contributed by atoms with Crippen molar-refractivity contribution in [2.24, 2.45) is 0 Å². The summed E-state index contributed by atoms with van der Waals surface area (Å²) in [5, 5.41) is 5.92. The number of hydrogen-bond acceptors (Lipinski definition) is 4. The fourth-order valence-electron chi connectivity index (χ4n) is 2.58. The average Bonchev–Trinajstić information content (AvgIpc) is 2.69. The van der Waals surface area contributed by atoms with E-state index in [4.69, 9.17) is 21.7 Å². The van der Waals surface area contributed by atoms with E-state index in [1.54, 1.807) is 18.2 Å². The minimum Gasteiger partial charge on any atom is -0.494 e. The lowest BCUT2D eigenvalue weighted by atomic mass is 10.2. The first-order valence-corrected chi connectivity index (χ1v) is 10.1. The molecule has 0 spiro atoms. The van der Waals surface area contributed by atoms with Gasteiger partial charge in [0.1, 0.15) is 11.5 Å². The zero-order chi connectivity index (χ0) is 20.2. The van der Waals surface area contributed by atoms with E-state index in [1.165, 1.54) is 19.3 Å². The maximum absolute atomic E-state index is 12.3. The molecule has 2 aromatic rings. The lowest BCUT2D eigenvalue weighted by Gasteiger charge is -2.11. The highest BCUT2D eigenvalue weighted by molar-refractivity contribution is 7.80. The van der Waals surface area contributed by atoms with Crippen LogP contribution in [-0.2, 0) is 0 Å². The summed E-state index contributed by atoms with van der Waals surface area (Å²) in [7, 11) is 0. The number of unbranched alkanes of at least 4 members (excludes halogenated alkanes) is 3. The molecule has 0 aliphatic rings. The van der Waals surface area contributed by atoms with Gasteiger partial charge in [-0.3, -0.25) is 10.1 Å². The minimum atomic E-state index is -0.286. The van der Waals surface area contributed by atoms with Gasteiger partial charge >= 0.3 is 0 Å². The number of nitrogens with one attached hydrogen (secondary N) is 2. The molecule has 150 valence electrons. The number of hydrogen-bond donors (Lipinski definition) is 2. The standard InChI is InChI=1S/C22H28N2O3S/c1-3-5-6-7-15-27-19-13-11-18(12-14-19)23-22(28)24-21(25)17-9-8-10-20(16-17)26-4-2/h8-14,16H,3-7,15H2,1-2H3,(H2,23,24,25,28). The second kappa shape index (κ2) is 12.0. The minimum absolute atomic E-state index is 0.236. The van der Waals surface area contributed by atoms with Crippen LogP contribution >= 0.6 is 12.2 Å². The van der Waals surface area contributed by atoms with E-state index in [0.717, 1.165) is 24.5 Å². The van der Waals surface area contributed by atoms with Crippen molar-refractivity contribution in [3.8, 4) is 11.5 Å². The Morgan fingerprint density at radius 1 is 0.964 bits per heavy atom. The normalized spacial score (nSPS) is 10.2. The fraction of sp³-hybridized carbons (Fsp3) is 0.364. The molecule has 0 saturated carbocycles. The number of rotatable bonds is 10. The van der Waals surface area contributed by atoms with Crippen molar-refractivity contribution < 1.29 is 14.3 Å². The van der Waals surface area contributed by atoms with E-state index < -0.39 is 0 Å². The van der Waals surface area contributed by atoms with Crippen LogP contribution in [0.25, 0.3) is 0 Å². The van der Waals surface area contributed by atoms with E-state index in [-0.39, 0.29) is 11.0 Å². The SMILES string of the molecule is CCCCCCOc1ccc(NC(=S)NC(=O)c2cccc(OCC)c2)cc1. The topological polar surface area (TPSA) is 59.6 Å². The van der Waals surface area contributed by atoms with Crippen LogP contribution in [0.2, 0.25) is 0 Å². The van der Waals surface area contributed by atoms with Gasteiger partial charge in [0.25, 0.3) is 5.91 Å². The Labute approximate surface area is 172 Å². The molecular weight excluding hydrogens is 372 g/mol. The maximum Gasteiger partial charge on any atom is 0.257 e. The van der Waals surface area contributed by atoms with Gasteiger partial charge in [0.2, 0.25) is 0 Å². The van der Waals surface area contributed by atoms with Crippen LogP contribution in [0.1, 0.15) is 49.9 Å². The average molecular weight is 401 g/mol. The Bertz CT molecular complexity index is 763. The molecule has 0 aliphatic carbocycles. The molecule has 0 bridgehead atoms. The zero-order valence-electron chi connectivity index (χ0n) is 16.5. The summed E-state index contributed by atoms with van der Waals surface area (Å²) in [6, 6.07) is 14.5. The van der Waals surface area contributed by atoms with Gasteiger partial charge in [0, 0.05) is 11.3 Å². The second-order valence-corrected chi connectivity index (χ2v) is 6.71. The van der Waals surface area contributed by atoms with Gasteiger partial charge in [-0.25, -0.2) is 0 Å². The Morgan fingerprint density at radius 3 is 2.46 bits per heavy atom. The number of carbonyl (C=O) groups is 1. The van der Waals surface area contributed by atoms with E-state index >= 15 is 0 Å². The number of anilines is 1. The summed E-state index contributed by atoms with van der Waals surface area (Å²) >= 11 is 5.23. The van der Waals surface area contributed by atoms with Crippen LogP contribution in [0.5, 0.6) is 11.5 Å². The predicted molar refractivity (Wildman–Crippen MR) is 117 cm³/mol. The molecule has 6 heteroatoms. The van der Waals surface area contributed by atoms with E-state index in [9.17, 15) is 4.79 Å². The molecule has 0 aliphatic heterocycles. The monoisotopic (exact) mass is 400 g/mol. The highest BCUT2D eigenvalue weighted by Crippen LogP contribution is 2.17. The first kappa shape index (κ1) is 21.7. The lowest BCUT2D eigenvalue weighted by molar-refractivity contribution is 0.0977. The molecule has 0 atom stereocenters. The second-order valence-electron chi connectivity index (χ2n) is 6.30. The first-order valence-electron chi connectivity index (χ1n) is 9.70. The molecule has 28 heavy (non-hydrogen) atoms. The van der Waals surface area contributed by atoms with Gasteiger partial charge in [-0.15, -0.1) is 0 Å². The van der Waals surface area contributed by atoms with Crippen LogP contribution in [-0.4, -0.2) is 24.2 Å². The number of benzene rings is 2. The van der Waals surface area contributed by atoms with Gasteiger partial charge in [-0.2, -0.15) is 0 Å². The fourth-order valence-corrected chi connectivity index (χ4v) is 2.80. The maximum atomic E-state index is 12.3. The molecule has 0 aromatic heterocycles.